The number of phenols is 2. The highest BCUT2D eigenvalue weighted by Crippen LogP contribution is 2.39. The van der Waals surface area contributed by atoms with Crippen LogP contribution in [0.2, 0.25) is 0 Å². The summed E-state index contributed by atoms with van der Waals surface area (Å²) >= 11 is 0. The van der Waals surface area contributed by atoms with Gasteiger partial charge in [0.2, 0.25) is 0 Å². The molecule has 0 bridgehead atoms. The number of phenolic OH excluding ortho intramolecular Hbond substituents is 2. The van der Waals surface area contributed by atoms with Crippen molar-refractivity contribution < 1.29 is 10.2 Å². The zero-order valence-electron chi connectivity index (χ0n) is 26.3. The van der Waals surface area contributed by atoms with Crippen molar-refractivity contribution in [2.24, 2.45) is 5.92 Å². The fourth-order valence-electron chi connectivity index (χ4n) is 6.16. The van der Waals surface area contributed by atoms with Crippen LogP contribution in [0.15, 0.2) is 12.1 Å². The predicted octanol–water partition coefficient (Wildman–Crippen LogP) is 7.66. The van der Waals surface area contributed by atoms with Gasteiger partial charge in [0.25, 0.3) is 0 Å². The molecule has 0 saturated carbocycles. The Morgan fingerprint density at radius 3 is 1.63 bits per heavy atom. The van der Waals surface area contributed by atoms with Crippen LogP contribution in [0.25, 0.3) is 0 Å². The number of benzene rings is 2. The van der Waals surface area contributed by atoms with Gasteiger partial charge in [-0.2, -0.15) is 0 Å². The Bertz CT molecular complexity index is 1150. The van der Waals surface area contributed by atoms with Crippen LogP contribution in [0.5, 0.6) is 11.5 Å². The summed E-state index contributed by atoms with van der Waals surface area (Å²) in [5, 5.41) is 22.1. The largest absolute Gasteiger partial charge is 0.507 e. The van der Waals surface area contributed by atoms with Crippen LogP contribution >= 0.6 is 0 Å². The maximum absolute atomic E-state index is 11.1. The molecule has 38 heavy (non-hydrogen) atoms. The van der Waals surface area contributed by atoms with Crippen LogP contribution in [-0.4, -0.2) is 45.7 Å². The molecule has 1 aliphatic rings. The summed E-state index contributed by atoms with van der Waals surface area (Å²) in [4.78, 5) is 5.22. The first-order valence-electron chi connectivity index (χ1n) is 14.5. The lowest BCUT2D eigenvalue weighted by Crippen LogP contribution is -2.52. The highest BCUT2D eigenvalue weighted by molar-refractivity contribution is 5.52. The Kier molecular flexibility index (Phi) is 9.00. The molecule has 3 rings (SSSR count). The summed E-state index contributed by atoms with van der Waals surface area (Å²) in [6.45, 7) is 30.9. The lowest BCUT2D eigenvalue weighted by Gasteiger charge is -2.43. The van der Waals surface area contributed by atoms with Gasteiger partial charge >= 0.3 is 0 Å². The second-order valence-electron chi connectivity index (χ2n) is 14.4. The molecule has 0 aromatic heterocycles. The monoisotopic (exact) mass is 522 g/mol. The number of nitrogens with zero attached hydrogens (tertiary/aromatic N) is 2. The van der Waals surface area contributed by atoms with Crippen LogP contribution in [-0.2, 0) is 23.9 Å². The first-order valence-corrected chi connectivity index (χ1v) is 14.5. The molecule has 0 aliphatic carbocycles. The maximum atomic E-state index is 11.1. The van der Waals surface area contributed by atoms with Crippen molar-refractivity contribution in [1.82, 2.24) is 9.80 Å². The van der Waals surface area contributed by atoms with E-state index in [0.29, 0.717) is 23.5 Å². The molecule has 1 fully saturated rings. The minimum Gasteiger partial charge on any atom is -0.507 e. The zero-order chi connectivity index (χ0) is 28.7. The van der Waals surface area contributed by atoms with Crippen molar-refractivity contribution in [1.29, 1.82) is 0 Å². The molecule has 0 radical (unpaired) electrons. The van der Waals surface area contributed by atoms with E-state index < -0.39 is 0 Å². The van der Waals surface area contributed by atoms with Gasteiger partial charge in [0.1, 0.15) is 11.5 Å². The van der Waals surface area contributed by atoms with E-state index in [1.807, 2.05) is 0 Å². The van der Waals surface area contributed by atoms with Gasteiger partial charge in [0.05, 0.1) is 0 Å². The fraction of sp³-hybridized carbons (Fsp3) is 0.647. The molecule has 212 valence electrons. The van der Waals surface area contributed by atoms with Gasteiger partial charge in [-0.15, -0.1) is 0 Å². The molecular weight excluding hydrogens is 468 g/mol. The Morgan fingerprint density at radius 2 is 1.21 bits per heavy atom. The molecule has 2 aromatic rings. The van der Waals surface area contributed by atoms with Gasteiger partial charge in [-0.25, -0.2) is 0 Å². The van der Waals surface area contributed by atoms with E-state index >= 15 is 0 Å². The molecule has 1 heterocycles. The molecule has 0 spiro atoms. The highest BCUT2D eigenvalue weighted by Gasteiger charge is 2.31. The van der Waals surface area contributed by atoms with Crippen molar-refractivity contribution in [2.45, 2.75) is 119 Å². The van der Waals surface area contributed by atoms with Gasteiger partial charge in [0, 0.05) is 38.8 Å². The summed E-state index contributed by atoms with van der Waals surface area (Å²) in [5.74, 6) is 1.53. The smallest absolute Gasteiger partial charge is 0.122 e. The Labute approximate surface area is 233 Å². The van der Waals surface area contributed by atoms with E-state index in [9.17, 15) is 10.2 Å². The van der Waals surface area contributed by atoms with Crippen LogP contribution in [0.1, 0.15) is 106 Å². The van der Waals surface area contributed by atoms with Crippen molar-refractivity contribution in [3.63, 3.8) is 0 Å². The van der Waals surface area contributed by atoms with Gasteiger partial charge < -0.3 is 10.2 Å². The predicted molar refractivity (Wildman–Crippen MR) is 161 cm³/mol. The van der Waals surface area contributed by atoms with Gasteiger partial charge in [-0.05, 0) is 95.4 Å². The second-order valence-corrected chi connectivity index (χ2v) is 14.4. The summed E-state index contributed by atoms with van der Waals surface area (Å²) in [6, 6.07) is 4.85. The van der Waals surface area contributed by atoms with Crippen LogP contribution < -0.4 is 0 Å². The van der Waals surface area contributed by atoms with Crippen LogP contribution in [0.3, 0.4) is 0 Å². The van der Waals surface area contributed by atoms with E-state index in [1.165, 1.54) is 22.3 Å². The number of rotatable bonds is 6. The maximum Gasteiger partial charge on any atom is 0.122 e. The van der Waals surface area contributed by atoms with Crippen molar-refractivity contribution in [3.05, 3.63) is 56.6 Å². The van der Waals surface area contributed by atoms with E-state index in [1.54, 1.807) is 0 Å². The lowest BCUT2D eigenvalue weighted by atomic mass is 9.82. The minimum absolute atomic E-state index is 0.0814. The topological polar surface area (TPSA) is 46.9 Å². The lowest BCUT2D eigenvalue weighted by molar-refractivity contribution is 0.0526. The van der Waals surface area contributed by atoms with E-state index in [-0.39, 0.29) is 10.8 Å². The second kappa shape index (κ2) is 11.2. The molecule has 0 amide bonds. The molecule has 4 nitrogen and oxygen atoms in total. The Balaban J connectivity index is 1.85. The number of aromatic hydroxyl groups is 2. The Hall–Kier alpha value is -2.04. The van der Waals surface area contributed by atoms with E-state index in [2.05, 4.69) is 105 Å². The fourth-order valence-corrected chi connectivity index (χ4v) is 6.16. The average Bonchev–Trinajstić information content (AvgIpc) is 2.78. The summed E-state index contributed by atoms with van der Waals surface area (Å²) in [5.41, 5.74) is 9.04. The summed E-state index contributed by atoms with van der Waals surface area (Å²) in [7, 11) is 0. The minimum atomic E-state index is -0.0836. The van der Waals surface area contributed by atoms with Crippen molar-refractivity contribution >= 4 is 0 Å². The van der Waals surface area contributed by atoms with Crippen molar-refractivity contribution in [3.8, 4) is 11.5 Å². The highest BCUT2D eigenvalue weighted by atomic mass is 16.3. The number of piperazine rings is 1. The molecule has 2 N–H and O–H groups in total. The molecule has 1 aliphatic heterocycles. The molecule has 4 heteroatoms. The van der Waals surface area contributed by atoms with Crippen LogP contribution in [0.4, 0.5) is 0 Å². The summed E-state index contributed by atoms with van der Waals surface area (Å²) in [6.07, 6.45) is 1.15. The van der Waals surface area contributed by atoms with E-state index in [4.69, 9.17) is 0 Å². The van der Waals surface area contributed by atoms with Gasteiger partial charge in [0.15, 0.2) is 0 Å². The first kappa shape index (κ1) is 30.5. The molecular formula is C34H54N2O2. The SMILES string of the molecule is Cc1cc(C(C)(C)C)c(O)c(C)c1CN1CCN(Cc2c(C)cc(C(C)(C)C)c(O)c2C)C(CC(C)C)C1. The molecule has 1 saturated heterocycles. The molecule has 2 aromatic carbocycles. The van der Waals surface area contributed by atoms with Gasteiger partial charge in [-0.3, -0.25) is 9.80 Å². The third-order valence-corrected chi connectivity index (χ3v) is 8.59. The Morgan fingerprint density at radius 1 is 0.763 bits per heavy atom. The normalized spacial score (nSPS) is 18.0. The third kappa shape index (κ3) is 6.57. The number of hydrogen-bond acceptors (Lipinski definition) is 4. The van der Waals surface area contributed by atoms with Crippen LogP contribution in [0, 0.1) is 33.6 Å². The number of aryl methyl sites for hydroxylation is 2. The first-order chi connectivity index (χ1) is 17.4. The average molecular weight is 523 g/mol. The number of hydrogen-bond donors (Lipinski definition) is 2. The van der Waals surface area contributed by atoms with Gasteiger partial charge in [-0.1, -0.05) is 67.5 Å². The zero-order valence-corrected chi connectivity index (χ0v) is 26.3. The summed E-state index contributed by atoms with van der Waals surface area (Å²) < 4.78 is 0. The standard InChI is InChI=1S/C34H54N2O2/c1-21(2)15-26-18-35(19-27-22(3)16-29(33(7,8)9)31(37)24(27)5)13-14-36(26)20-28-23(4)17-30(34(10,11)12)32(38)25(28)6/h16-17,21,26,37-38H,13-15,18-20H2,1-12H3. The molecule has 1 atom stereocenters. The quantitative estimate of drug-likeness (QED) is 0.409. The van der Waals surface area contributed by atoms with Crippen molar-refractivity contribution in [2.75, 3.05) is 19.6 Å². The molecule has 1 unspecified atom stereocenters. The van der Waals surface area contributed by atoms with E-state index in [0.717, 1.165) is 61.4 Å². The third-order valence-electron chi connectivity index (χ3n) is 8.59.